The Morgan fingerprint density at radius 1 is 1.90 bits per heavy atom. The van der Waals surface area contributed by atoms with Crippen molar-refractivity contribution in [3.8, 4) is 17.4 Å². The van der Waals surface area contributed by atoms with E-state index in [2.05, 4.69) is 10.9 Å². The fourth-order valence-corrected chi connectivity index (χ4v) is 1.14. The van der Waals surface area contributed by atoms with Crippen LogP contribution in [0.25, 0.3) is 0 Å². The minimum atomic E-state index is 0.321. The van der Waals surface area contributed by atoms with Crippen LogP contribution in [0.3, 0.4) is 0 Å². The third kappa shape index (κ3) is 1.74. The molecule has 0 aliphatic rings. The quantitative estimate of drug-likeness (QED) is 0.600. The first-order valence-electron chi connectivity index (χ1n) is 2.81. The Morgan fingerprint density at radius 2 is 2.70 bits per heavy atom. The van der Waals surface area contributed by atoms with Crippen molar-refractivity contribution in [2.24, 2.45) is 0 Å². The molecule has 10 heavy (non-hydrogen) atoms. The molecule has 0 radical (unpaired) electrons. The summed E-state index contributed by atoms with van der Waals surface area (Å²) in [5.41, 5.74) is 0. The highest BCUT2D eigenvalue weighted by molar-refractivity contribution is 7.13. The summed E-state index contributed by atoms with van der Waals surface area (Å²) >= 11 is 1.50. The van der Waals surface area contributed by atoms with Gasteiger partial charge in [-0.3, -0.25) is 0 Å². The topological polar surface area (TPSA) is 22.1 Å². The van der Waals surface area contributed by atoms with Crippen LogP contribution in [0.4, 0.5) is 0 Å². The van der Waals surface area contributed by atoms with Gasteiger partial charge in [0, 0.05) is 0 Å². The standard InChI is InChI=1S/C7H7NOS/c1-3-4-9-7-5-8-6(2)10-7/h1,5H,4H2,2H3. The SMILES string of the molecule is C#CCOc1cnc(C)s1. The summed E-state index contributed by atoms with van der Waals surface area (Å²) < 4.78 is 5.10. The Kier molecular flexibility index (Phi) is 2.30. The molecule has 2 nitrogen and oxygen atoms in total. The highest BCUT2D eigenvalue weighted by Gasteiger charge is 1.95. The minimum absolute atomic E-state index is 0.321. The normalized spacial score (nSPS) is 8.80. The Hall–Kier alpha value is -1.01. The van der Waals surface area contributed by atoms with Gasteiger partial charge in [0.25, 0.3) is 0 Å². The predicted molar refractivity (Wildman–Crippen MR) is 41.2 cm³/mol. The fraction of sp³-hybridized carbons (Fsp3) is 0.286. The average Bonchev–Trinajstić information content (AvgIpc) is 2.31. The van der Waals surface area contributed by atoms with Crippen molar-refractivity contribution in [1.82, 2.24) is 4.98 Å². The molecule has 0 N–H and O–H groups in total. The Labute approximate surface area is 63.9 Å². The maximum absolute atomic E-state index is 5.10. The van der Waals surface area contributed by atoms with E-state index in [1.807, 2.05) is 6.92 Å². The van der Waals surface area contributed by atoms with Crippen LogP contribution >= 0.6 is 11.3 Å². The van der Waals surface area contributed by atoms with Gasteiger partial charge in [-0.1, -0.05) is 17.3 Å². The number of ether oxygens (including phenoxy) is 1. The number of nitrogens with zero attached hydrogens (tertiary/aromatic N) is 1. The largest absolute Gasteiger partial charge is 0.470 e. The molecule has 0 fully saturated rings. The minimum Gasteiger partial charge on any atom is -0.470 e. The summed E-state index contributed by atoms with van der Waals surface area (Å²) in [4.78, 5) is 3.99. The molecule has 0 amide bonds. The lowest BCUT2D eigenvalue weighted by molar-refractivity contribution is 0.380. The summed E-state index contributed by atoms with van der Waals surface area (Å²) in [6.07, 6.45) is 6.67. The molecule has 52 valence electrons. The van der Waals surface area contributed by atoms with Crippen LogP contribution in [0.1, 0.15) is 5.01 Å². The van der Waals surface area contributed by atoms with Crippen molar-refractivity contribution in [2.45, 2.75) is 6.92 Å². The molecule has 0 spiro atoms. The molecule has 0 bridgehead atoms. The van der Waals surface area contributed by atoms with Crippen LogP contribution in [0.2, 0.25) is 0 Å². The molecule has 0 saturated carbocycles. The molecule has 0 unspecified atom stereocenters. The summed E-state index contributed by atoms with van der Waals surface area (Å²) in [6.45, 7) is 2.25. The number of hydrogen-bond acceptors (Lipinski definition) is 3. The van der Waals surface area contributed by atoms with Crippen LogP contribution in [0.5, 0.6) is 5.06 Å². The van der Waals surface area contributed by atoms with E-state index in [0.29, 0.717) is 6.61 Å². The van der Waals surface area contributed by atoms with Crippen molar-refractivity contribution in [3.63, 3.8) is 0 Å². The monoisotopic (exact) mass is 153 g/mol. The Balaban J connectivity index is 2.52. The number of hydrogen-bond donors (Lipinski definition) is 0. The van der Waals surface area contributed by atoms with Crippen molar-refractivity contribution < 1.29 is 4.74 Å². The van der Waals surface area contributed by atoms with E-state index >= 15 is 0 Å². The highest BCUT2D eigenvalue weighted by Crippen LogP contribution is 2.19. The summed E-state index contributed by atoms with van der Waals surface area (Å²) in [5.74, 6) is 2.38. The van der Waals surface area contributed by atoms with Gasteiger partial charge in [-0.05, 0) is 6.92 Å². The zero-order valence-electron chi connectivity index (χ0n) is 5.63. The van der Waals surface area contributed by atoms with E-state index in [-0.39, 0.29) is 0 Å². The number of thiazole rings is 1. The maximum Gasteiger partial charge on any atom is 0.195 e. The molecule has 1 aromatic rings. The number of aromatic nitrogens is 1. The molecular formula is C7H7NOS. The molecule has 0 atom stereocenters. The highest BCUT2D eigenvalue weighted by atomic mass is 32.1. The van der Waals surface area contributed by atoms with Gasteiger partial charge in [0.1, 0.15) is 6.61 Å². The third-order valence-electron chi connectivity index (χ3n) is 0.898. The van der Waals surface area contributed by atoms with Gasteiger partial charge in [0.15, 0.2) is 5.06 Å². The van der Waals surface area contributed by atoms with Crippen LogP contribution in [0.15, 0.2) is 6.20 Å². The van der Waals surface area contributed by atoms with Gasteiger partial charge in [-0.25, -0.2) is 4.98 Å². The van der Waals surface area contributed by atoms with Gasteiger partial charge in [-0.15, -0.1) is 6.42 Å². The smallest absolute Gasteiger partial charge is 0.195 e. The zero-order chi connectivity index (χ0) is 7.40. The first-order valence-corrected chi connectivity index (χ1v) is 3.63. The van der Waals surface area contributed by atoms with E-state index in [9.17, 15) is 0 Å². The Bertz CT molecular complexity index is 248. The van der Waals surface area contributed by atoms with Crippen LogP contribution in [0, 0.1) is 19.3 Å². The second-order valence-corrected chi connectivity index (χ2v) is 2.89. The summed E-state index contributed by atoms with van der Waals surface area (Å²) in [5, 5.41) is 1.78. The van der Waals surface area contributed by atoms with Crippen LogP contribution in [-0.2, 0) is 0 Å². The first kappa shape index (κ1) is 7.10. The maximum atomic E-state index is 5.10. The lowest BCUT2D eigenvalue weighted by Crippen LogP contribution is -1.89. The molecule has 1 rings (SSSR count). The van der Waals surface area contributed by atoms with Crippen LogP contribution in [-0.4, -0.2) is 11.6 Å². The van der Waals surface area contributed by atoms with E-state index in [1.54, 1.807) is 6.20 Å². The Morgan fingerprint density at radius 3 is 3.20 bits per heavy atom. The molecule has 1 heterocycles. The van der Waals surface area contributed by atoms with E-state index < -0.39 is 0 Å². The summed E-state index contributed by atoms with van der Waals surface area (Å²) in [6, 6.07) is 0. The molecule has 1 aromatic heterocycles. The van der Waals surface area contributed by atoms with Gasteiger partial charge >= 0.3 is 0 Å². The average molecular weight is 153 g/mol. The van der Waals surface area contributed by atoms with Crippen molar-refractivity contribution >= 4 is 11.3 Å². The third-order valence-corrected chi connectivity index (χ3v) is 1.72. The van der Waals surface area contributed by atoms with Gasteiger partial charge in [0.2, 0.25) is 0 Å². The van der Waals surface area contributed by atoms with Crippen molar-refractivity contribution in [2.75, 3.05) is 6.61 Å². The van der Waals surface area contributed by atoms with Gasteiger partial charge in [-0.2, -0.15) is 0 Å². The summed E-state index contributed by atoms with van der Waals surface area (Å²) in [7, 11) is 0. The predicted octanol–water partition coefficient (Wildman–Crippen LogP) is 1.46. The van der Waals surface area contributed by atoms with E-state index in [1.165, 1.54) is 11.3 Å². The van der Waals surface area contributed by atoms with Gasteiger partial charge < -0.3 is 4.74 Å². The van der Waals surface area contributed by atoms with E-state index in [4.69, 9.17) is 11.2 Å². The second kappa shape index (κ2) is 3.23. The van der Waals surface area contributed by atoms with Gasteiger partial charge in [0.05, 0.1) is 11.2 Å². The molecule has 0 aliphatic heterocycles. The fourth-order valence-electron chi connectivity index (χ4n) is 0.521. The molecule has 0 aromatic carbocycles. The number of rotatable bonds is 2. The number of aryl methyl sites for hydroxylation is 1. The number of terminal acetylenes is 1. The van der Waals surface area contributed by atoms with Crippen molar-refractivity contribution in [1.29, 1.82) is 0 Å². The lowest BCUT2D eigenvalue weighted by Gasteiger charge is -1.92. The van der Waals surface area contributed by atoms with E-state index in [0.717, 1.165) is 10.1 Å². The zero-order valence-corrected chi connectivity index (χ0v) is 6.44. The lowest BCUT2D eigenvalue weighted by atomic mass is 10.7. The van der Waals surface area contributed by atoms with Crippen molar-refractivity contribution in [3.05, 3.63) is 11.2 Å². The van der Waals surface area contributed by atoms with Crippen LogP contribution < -0.4 is 4.74 Å². The second-order valence-electron chi connectivity index (χ2n) is 1.69. The molecule has 3 heteroatoms. The molecule has 0 aliphatic carbocycles. The molecule has 0 saturated heterocycles. The first-order chi connectivity index (χ1) is 4.83. The molecular weight excluding hydrogens is 146 g/mol.